The summed E-state index contributed by atoms with van der Waals surface area (Å²) in [7, 11) is 0. The minimum Gasteiger partial charge on any atom is -0.481 e. The second-order valence-electron chi connectivity index (χ2n) is 6.31. The molecule has 0 radical (unpaired) electrons. The average Bonchev–Trinajstić information content (AvgIpc) is 2.71. The highest BCUT2D eigenvalue weighted by Crippen LogP contribution is 2.40. The fourth-order valence-corrected chi connectivity index (χ4v) is 3.87. The van der Waals surface area contributed by atoms with Crippen LogP contribution in [0.15, 0.2) is 0 Å². The molecule has 2 unspecified atom stereocenters. The van der Waals surface area contributed by atoms with Gasteiger partial charge in [0.2, 0.25) is 0 Å². The van der Waals surface area contributed by atoms with Gasteiger partial charge in [0.1, 0.15) is 0 Å². The van der Waals surface area contributed by atoms with E-state index in [1.807, 2.05) is 0 Å². The fraction of sp³-hybridized carbons (Fsp3) is 0.933. The molecule has 0 aromatic heterocycles. The van der Waals surface area contributed by atoms with Crippen LogP contribution in [0.3, 0.4) is 0 Å². The summed E-state index contributed by atoms with van der Waals surface area (Å²) >= 11 is 0. The van der Waals surface area contributed by atoms with Gasteiger partial charge in [-0.2, -0.15) is 0 Å². The van der Waals surface area contributed by atoms with Crippen molar-refractivity contribution in [3.05, 3.63) is 0 Å². The lowest BCUT2D eigenvalue weighted by atomic mass is 9.73. The molecule has 104 valence electrons. The molecule has 1 saturated carbocycles. The number of hydrogen-bond donors (Lipinski definition) is 1. The molecule has 2 rings (SSSR count). The third-order valence-corrected chi connectivity index (χ3v) is 5.17. The van der Waals surface area contributed by atoms with Crippen molar-refractivity contribution >= 4 is 5.97 Å². The SMILES string of the molecule is CCC1CCC(C)N1CC1(C(=O)O)CCCCC1. The molecule has 2 atom stereocenters. The Morgan fingerprint density at radius 3 is 2.50 bits per heavy atom. The van der Waals surface area contributed by atoms with Crippen LogP contribution in [-0.4, -0.2) is 34.6 Å². The zero-order valence-electron chi connectivity index (χ0n) is 11.8. The van der Waals surface area contributed by atoms with Crippen LogP contribution in [0.25, 0.3) is 0 Å². The number of carboxylic acids is 1. The highest BCUT2D eigenvalue weighted by Gasteiger charge is 2.44. The van der Waals surface area contributed by atoms with Crippen molar-refractivity contribution in [1.29, 1.82) is 0 Å². The first kappa shape index (κ1) is 13.9. The zero-order valence-corrected chi connectivity index (χ0v) is 11.8. The number of rotatable bonds is 4. The van der Waals surface area contributed by atoms with Crippen LogP contribution in [0.2, 0.25) is 0 Å². The highest BCUT2D eigenvalue weighted by atomic mass is 16.4. The lowest BCUT2D eigenvalue weighted by molar-refractivity contribution is -0.153. The highest BCUT2D eigenvalue weighted by molar-refractivity contribution is 5.75. The molecule has 1 N–H and O–H groups in total. The lowest BCUT2D eigenvalue weighted by Crippen LogP contribution is -2.48. The maximum atomic E-state index is 11.7. The van der Waals surface area contributed by atoms with E-state index >= 15 is 0 Å². The second-order valence-corrected chi connectivity index (χ2v) is 6.31. The Balaban J connectivity index is 2.10. The van der Waals surface area contributed by atoms with E-state index in [-0.39, 0.29) is 0 Å². The molecule has 1 aliphatic carbocycles. The number of hydrogen-bond acceptors (Lipinski definition) is 2. The Morgan fingerprint density at radius 1 is 1.28 bits per heavy atom. The van der Waals surface area contributed by atoms with Gasteiger partial charge in [-0.3, -0.25) is 9.69 Å². The molecular formula is C15H27NO2. The molecule has 0 bridgehead atoms. The van der Waals surface area contributed by atoms with E-state index < -0.39 is 11.4 Å². The van der Waals surface area contributed by atoms with Crippen LogP contribution in [0.4, 0.5) is 0 Å². The van der Waals surface area contributed by atoms with Crippen molar-refractivity contribution in [2.24, 2.45) is 5.41 Å². The largest absolute Gasteiger partial charge is 0.481 e. The van der Waals surface area contributed by atoms with Gasteiger partial charge >= 0.3 is 5.97 Å². The summed E-state index contributed by atoms with van der Waals surface area (Å²) < 4.78 is 0. The van der Waals surface area contributed by atoms with Crippen LogP contribution in [0.1, 0.15) is 65.2 Å². The molecule has 0 spiro atoms. The number of nitrogens with zero attached hydrogens (tertiary/aromatic N) is 1. The number of likely N-dealkylation sites (tertiary alicyclic amines) is 1. The van der Waals surface area contributed by atoms with E-state index in [1.54, 1.807) is 0 Å². The molecule has 2 fully saturated rings. The summed E-state index contributed by atoms with van der Waals surface area (Å²) in [6, 6.07) is 1.17. The van der Waals surface area contributed by atoms with Crippen molar-refractivity contribution in [2.75, 3.05) is 6.54 Å². The summed E-state index contributed by atoms with van der Waals surface area (Å²) in [6.07, 6.45) is 8.77. The average molecular weight is 253 g/mol. The van der Waals surface area contributed by atoms with E-state index in [4.69, 9.17) is 0 Å². The monoisotopic (exact) mass is 253 g/mol. The fourth-order valence-electron chi connectivity index (χ4n) is 3.87. The van der Waals surface area contributed by atoms with Crippen LogP contribution in [0.5, 0.6) is 0 Å². The predicted molar refractivity (Wildman–Crippen MR) is 72.6 cm³/mol. The first-order valence-corrected chi connectivity index (χ1v) is 7.58. The van der Waals surface area contributed by atoms with E-state index in [2.05, 4.69) is 18.7 Å². The zero-order chi connectivity index (χ0) is 13.2. The Bertz CT molecular complexity index is 297. The topological polar surface area (TPSA) is 40.5 Å². The third-order valence-electron chi connectivity index (χ3n) is 5.17. The first-order valence-electron chi connectivity index (χ1n) is 7.58. The predicted octanol–water partition coefficient (Wildman–Crippen LogP) is 3.28. The van der Waals surface area contributed by atoms with Crippen LogP contribution < -0.4 is 0 Å². The van der Waals surface area contributed by atoms with E-state index in [0.717, 1.165) is 38.6 Å². The van der Waals surface area contributed by atoms with Crippen molar-refractivity contribution < 1.29 is 9.90 Å². The van der Waals surface area contributed by atoms with Gasteiger partial charge in [0.25, 0.3) is 0 Å². The van der Waals surface area contributed by atoms with Crippen LogP contribution >= 0.6 is 0 Å². The van der Waals surface area contributed by atoms with Gasteiger partial charge in [-0.15, -0.1) is 0 Å². The quantitative estimate of drug-likeness (QED) is 0.836. The number of carboxylic acid groups (broad SMARTS) is 1. The van der Waals surface area contributed by atoms with Gasteiger partial charge in [-0.1, -0.05) is 26.2 Å². The van der Waals surface area contributed by atoms with E-state index in [0.29, 0.717) is 12.1 Å². The second kappa shape index (κ2) is 5.60. The lowest BCUT2D eigenvalue weighted by Gasteiger charge is -2.40. The van der Waals surface area contributed by atoms with Gasteiger partial charge in [-0.05, 0) is 39.0 Å². The maximum Gasteiger partial charge on any atom is 0.310 e. The number of carbonyl (C=O) groups is 1. The normalized spacial score (nSPS) is 32.6. The molecule has 1 heterocycles. The Morgan fingerprint density at radius 2 is 1.94 bits per heavy atom. The van der Waals surface area contributed by atoms with Crippen molar-refractivity contribution in [1.82, 2.24) is 4.90 Å². The van der Waals surface area contributed by atoms with Crippen molar-refractivity contribution in [3.63, 3.8) is 0 Å². The summed E-state index contributed by atoms with van der Waals surface area (Å²) in [5.74, 6) is -0.559. The molecular weight excluding hydrogens is 226 g/mol. The van der Waals surface area contributed by atoms with Gasteiger partial charge < -0.3 is 5.11 Å². The minimum atomic E-state index is -0.559. The minimum absolute atomic E-state index is 0.454. The molecule has 2 aliphatic rings. The molecule has 3 nitrogen and oxygen atoms in total. The number of aliphatic carboxylic acids is 1. The van der Waals surface area contributed by atoms with Gasteiger partial charge in [0.05, 0.1) is 5.41 Å². The summed E-state index contributed by atoms with van der Waals surface area (Å²) in [5, 5.41) is 9.67. The van der Waals surface area contributed by atoms with Crippen LogP contribution in [0, 0.1) is 5.41 Å². The Hall–Kier alpha value is -0.570. The van der Waals surface area contributed by atoms with Crippen molar-refractivity contribution in [2.45, 2.75) is 77.3 Å². The van der Waals surface area contributed by atoms with E-state index in [1.165, 1.54) is 19.3 Å². The van der Waals surface area contributed by atoms with Crippen molar-refractivity contribution in [3.8, 4) is 0 Å². The maximum absolute atomic E-state index is 11.7. The van der Waals surface area contributed by atoms with Crippen LogP contribution in [-0.2, 0) is 4.79 Å². The smallest absolute Gasteiger partial charge is 0.310 e. The molecule has 1 saturated heterocycles. The van der Waals surface area contributed by atoms with Gasteiger partial charge in [-0.25, -0.2) is 0 Å². The molecule has 0 aromatic carbocycles. The Labute approximate surface area is 111 Å². The van der Waals surface area contributed by atoms with Gasteiger partial charge in [0.15, 0.2) is 0 Å². The molecule has 18 heavy (non-hydrogen) atoms. The molecule has 1 aliphatic heterocycles. The standard InChI is InChI=1S/C15H27NO2/c1-3-13-8-7-12(2)16(13)11-15(14(17)18)9-5-4-6-10-15/h12-13H,3-11H2,1-2H3,(H,17,18). The van der Waals surface area contributed by atoms with E-state index in [9.17, 15) is 9.90 Å². The Kier molecular flexibility index (Phi) is 4.31. The van der Waals surface area contributed by atoms with Gasteiger partial charge in [0, 0.05) is 18.6 Å². The molecule has 0 amide bonds. The first-order chi connectivity index (χ1) is 8.59. The summed E-state index contributed by atoms with van der Waals surface area (Å²) in [6.45, 7) is 5.26. The third kappa shape index (κ3) is 2.56. The molecule has 3 heteroatoms. The summed E-state index contributed by atoms with van der Waals surface area (Å²) in [4.78, 5) is 14.2. The summed E-state index contributed by atoms with van der Waals surface area (Å²) in [5.41, 5.74) is -0.454. The molecule has 0 aromatic rings.